The van der Waals surface area contributed by atoms with Gasteiger partial charge in [0.15, 0.2) is 0 Å². The number of anilines is 1. The maximum Gasteiger partial charge on any atom is 0.253 e. The SMILES string of the molecule is CCc1cc(-c2cc(N)ccc2Oc2c(C)cc(F)cc2C)cn(C)c1=O. The zero-order valence-electron chi connectivity index (χ0n) is 16.0. The van der Waals surface area contributed by atoms with Crippen molar-refractivity contribution in [2.75, 3.05) is 5.73 Å². The number of nitrogen functional groups attached to an aromatic ring is 1. The summed E-state index contributed by atoms with van der Waals surface area (Å²) in [5, 5.41) is 0. The minimum atomic E-state index is -0.291. The Balaban J connectivity index is 2.16. The number of hydrogen-bond donors (Lipinski definition) is 1. The van der Waals surface area contributed by atoms with Gasteiger partial charge in [-0.15, -0.1) is 0 Å². The minimum Gasteiger partial charge on any atom is -0.456 e. The van der Waals surface area contributed by atoms with Crippen LogP contribution in [0.3, 0.4) is 0 Å². The number of nitrogens with zero attached hydrogens (tertiary/aromatic N) is 1. The Morgan fingerprint density at radius 1 is 1.11 bits per heavy atom. The molecule has 2 aromatic carbocycles. The molecule has 0 aliphatic carbocycles. The van der Waals surface area contributed by atoms with Gasteiger partial charge >= 0.3 is 0 Å². The maximum atomic E-state index is 13.6. The quantitative estimate of drug-likeness (QED) is 0.678. The second-order valence-corrected chi connectivity index (χ2v) is 6.75. The van der Waals surface area contributed by atoms with Crippen LogP contribution in [0.4, 0.5) is 10.1 Å². The number of aryl methyl sites for hydroxylation is 4. The van der Waals surface area contributed by atoms with Crippen molar-refractivity contribution in [3.63, 3.8) is 0 Å². The Bertz CT molecular complexity index is 1050. The van der Waals surface area contributed by atoms with E-state index in [2.05, 4.69) is 0 Å². The number of pyridine rings is 1. The van der Waals surface area contributed by atoms with E-state index < -0.39 is 0 Å². The molecule has 5 heteroatoms. The molecular weight excluding hydrogens is 343 g/mol. The van der Waals surface area contributed by atoms with Crippen molar-refractivity contribution < 1.29 is 9.13 Å². The molecule has 0 radical (unpaired) electrons. The molecule has 0 bridgehead atoms. The van der Waals surface area contributed by atoms with Gasteiger partial charge in [0.25, 0.3) is 5.56 Å². The van der Waals surface area contributed by atoms with Gasteiger partial charge in [-0.25, -0.2) is 4.39 Å². The second-order valence-electron chi connectivity index (χ2n) is 6.75. The molecule has 140 valence electrons. The van der Waals surface area contributed by atoms with Gasteiger partial charge < -0.3 is 15.0 Å². The second kappa shape index (κ2) is 7.27. The van der Waals surface area contributed by atoms with Crippen molar-refractivity contribution in [1.29, 1.82) is 0 Å². The lowest BCUT2D eigenvalue weighted by Gasteiger charge is -2.17. The molecule has 3 rings (SSSR count). The topological polar surface area (TPSA) is 57.2 Å². The Labute approximate surface area is 158 Å². The fraction of sp³-hybridized carbons (Fsp3) is 0.227. The highest BCUT2D eigenvalue weighted by Crippen LogP contribution is 2.37. The normalized spacial score (nSPS) is 10.9. The molecule has 0 spiro atoms. The standard InChI is InChI=1S/C22H23FN2O2/c1-5-15-10-16(12-25(4)22(15)26)19-11-18(24)6-7-20(19)27-21-13(2)8-17(23)9-14(21)3/h6-12H,5,24H2,1-4H3. The van der Waals surface area contributed by atoms with Crippen molar-refractivity contribution in [1.82, 2.24) is 4.57 Å². The zero-order valence-corrected chi connectivity index (χ0v) is 16.0. The average molecular weight is 366 g/mol. The summed E-state index contributed by atoms with van der Waals surface area (Å²) in [6.07, 6.45) is 2.41. The lowest BCUT2D eigenvalue weighted by molar-refractivity contribution is 0.474. The van der Waals surface area contributed by atoms with Gasteiger partial charge in [-0.2, -0.15) is 0 Å². The number of nitrogens with two attached hydrogens (primary N) is 1. The molecule has 27 heavy (non-hydrogen) atoms. The van der Waals surface area contributed by atoms with Crippen LogP contribution in [0.1, 0.15) is 23.6 Å². The van der Waals surface area contributed by atoms with Crippen LogP contribution < -0.4 is 16.0 Å². The highest BCUT2D eigenvalue weighted by molar-refractivity contribution is 5.74. The van der Waals surface area contributed by atoms with Crippen LogP contribution in [0, 0.1) is 19.7 Å². The summed E-state index contributed by atoms with van der Waals surface area (Å²) in [5.41, 5.74) is 10.3. The molecule has 0 amide bonds. The van der Waals surface area contributed by atoms with E-state index >= 15 is 0 Å². The summed E-state index contributed by atoms with van der Waals surface area (Å²) in [4.78, 5) is 12.2. The number of aromatic nitrogens is 1. The first-order valence-electron chi connectivity index (χ1n) is 8.84. The van der Waals surface area contributed by atoms with E-state index in [1.165, 1.54) is 12.1 Å². The van der Waals surface area contributed by atoms with Gasteiger partial charge in [0, 0.05) is 35.6 Å². The van der Waals surface area contributed by atoms with Crippen molar-refractivity contribution in [2.24, 2.45) is 7.05 Å². The first-order chi connectivity index (χ1) is 12.8. The van der Waals surface area contributed by atoms with Gasteiger partial charge in [0.2, 0.25) is 0 Å². The minimum absolute atomic E-state index is 0.0159. The molecule has 0 aliphatic heterocycles. The third-order valence-corrected chi connectivity index (χ3v) is 4.59. The maximum absolute atomic E-state index is 13.6. The molecule has 3 aromatic rings. The molecule has 0 unspecified atom stereocenters. The smallest absolute Gasteiger partial charge is 0.253 e. The van der Waals surface area contributed by atoms with Gasteiger partial charge in [-0.3, -0.25) is 4.79 Å². The fourth-order valence-electron chi connectivity index (χ4n) is 3.21. The number of ether oxygens (including phenoxy) is 1. The van der Waals surface area contributed by atoms with Crippen LogP contribution >= 0.6 is 0 Å². The Morgan fingerprint density at radius 2 is 1.78 bits per heavy atom. The summed E-state index contributed by atoms with van der Waals surface area (Å²) >= 11 is 0. The molecule has 1 aromatic heterocycles. The molecular formula is C22H23FN2O2. The average Bonchev–Trinajstić information content (AvgIpc) is 2.61. The number of rotatable bonds is 4. The first-order valence-corrected chi connectivity index (χ1v) is 8.84. The third-order valence-electron chi connectivity index (χ3n) is 4.59. The van der Waals surface area contributed by atoms with Crippen LogP contribution in [0.5, 0.6) is 11.5 Å². The number of hydrogen-bond acceptors (Lipinski definition) is 3. The summed E-state index contributed by atoms with van der Waals surface area (Å²) in [5.74, 6) is 0.922. The Morgan fingerprint density at radius 3 is 2.41 bits per heavy atom. The third kappa shape index (κ3) is 3.72. The van der Waals surface area contributed by atoms with Crippen LogP contribution in [0.2, 0.25) is 0 Å². The largest absolute Gasteiger partial charge is 0.456 e. The van der Waals surface area contributed by atoms with Crippen molar-refractivity contribution >= 4 is 5.69 Å². The van der Waals surface area contributed by atoms with E-state index in [-0.39, 0.29) is 11.4 Å². The van der Waals surface area contributed by atoms with Crippen LogP contribution in [-0.4, -0.2) is 4.57 Å². The number of halogens is 1. The highest BCUT2D eigenvalue weighted by Gasteiger charge is 2.14. The van der Waals surface area contributed by atoms with Crippen molar-refractivity contribution in [3.05, 3.63) is 75.5 Å². The first kappa shape index (κ1) is 18.7. The van der Waals surface area contributed by atoms with Crippen LogP contribution in [0.15, 0.2) is 47.4 Å². The summed E-state index contributed by atoms with van der Waals surface area (Å²) in [7, 11) is 1.73. The van der Waals surface area contributed by atoms with E-state index in [0.29, 0.717) is 34.7 Å². The van der Waals surface area contributed by atoms with Gasteiger partial charge in [0.05, 0.1) is 0 Å². The monoisotopic (exact) mass is 366 g/mol. The summed E-state index contributed by atoms with van der Waals surface area (Å²) in [6, 6.07) is 10.1. The Hall–Kier alpha value is -3.08. The van der Waals surface area contributed by atoms with Crippen LogP contribution in [-0.2, 0) is 13.5 Å². The molecule has 0 fully saturated rings. The molecule has 0 atom stereocenters. The predicted octanol–water partition coefficient (Wildman–Crippen LogP) is 4.75. The molecule has 2 N–H and O–H groups in total. The Kier molecular flexibility index (Phi) is 5.04. The van der Waals surface area contributed by atoms with E-state index in [9.17, 15) is 9.18 Å². The predicted molar refractivity (Wildman–Crippen MR) is 107 cm³/mol. The van der Waals surface area contributed by atoms with Crippen molar-refractivity contribution in [3.8, 4) is 22.6 Å². The number of benzene rings is 2. The van der Waals surface area contributed by atoms with Gasteiger partial charge in [-0.1, -0.05) is 6.92 Å². The fourth-order valence-corrected chi connectivity index (χ4v) is 3.21. The van der Waals surface area contributed by atoms with Gasteiger partial charge in [0.1, 0.15) is 17.3 Å². The highest BCUT2D eigenvalue weighted by atomic mass is 19.1. The molecule has 4 nitrogen and oxygen atoms in total. The van der Waals surface area contributed by atoms with E-state index in [4.69, 9.17) is 10.5 Å². The van der Waals surface area contributed by atoms with E-state index in [0.717, 1.165) is 16.7 Å². The van der Waals surface area contributed by atoms with E-state index in [1.54, 1.807) is 29.9 Å². The van der Waals surface area contributed by atoms with Gasteiger partial charge in [-0.05, 0) is 67.8 Å². The summed E-state index contributed by atoms with van der Waals surface area (Å²) in [6.45, 7) is 5.57. The molecule has 0 saturated carbocycles. The zero-order chi connectivity index (χ0) is 19.7. The lowest BCUT2D eigenvalue weighted by Crippen LogP contribution is -2.20. The molecule has 0 saturated heterocycles. The van der Waals surface area contributed by atoms with E-state index in [1.807, 2.05) is 32.9 Å². The molecule has 0 aliphatic rings. The van der Waals surface area contributed by atoms with Crippen LogP contribution in [0.25, 0.3) is 11.1 Å². The van der Waals surface area contributed by atoms with Crippen molar-refractivity contribution in [2.45, 2.75) is 27.2 Å². The molecule has 1 heterocycles. The lowest BCUT2D eigenvalue weighted by atomic mass is 10.0. The summed E-state index contributed by atoms with van der Waals surface area (Å²) < 4.78 is 21.3.